The third-order valence-corrected chi connectivity index (χ3v) is 5.35. The van der Waals surface area contributed by atoms with Crippen LogP contribution in [-0.2, 0) is 19.1 Å². The van der Waals surface area contributed by atoms with E-state index in [2.05, 4.69) is 13.5 Å². The highest BCUT2D eigenvalue weighted by atomic mass is 16.5. The molecule has 0 N–H and O–H groups in total. The van der Waals surface area contributed by atoms with Crippen molar-refractivity contribution in [3.8, 4) is 0 Å². The van der Waals surface area contributed by atoms with E-state index >= 15 is 0 Å². The number of carbonyl (C=O) groups is 2. The maximum atomic E-state index is 11.7. The van der Waals surface area contributed by atoms with Crippen molar-refractivity contribution in [3.05, 3.63) is 12.7 Å². The molecule has 0 rings (SSSR count). The third kappa shape index (κ3) is 21.4. The number of ether oxygens (including phenoxy) is 2. The van der Waals surface area contributed by atoms with Crippen LogP contribution in [0.2, 0.25) is 0 Å². The summed E-state index contributed by atoms with van der Waals surface area (Å²) in [5, 5.41) is 0. The third-order valence-electron chi connectivity index (χ3n) is 5.35. The average Bonchev–Trinajstić information content (AvgIpc) is 2.71. The fourth-order valence-electron chi connectivity index (χ4n) is 3.48. The second-order valence-corrected chi connectivity index (χ2v) is 8.50. The summed E-state index contributed by atoms with van der Waals surface area (Å²) in [5.41, 5.74) is 0. The first-order valence-electron chi connectivity index (χ1n) is 12.6. The molecular formula is C26H48O4. The number of carbonyl (C=O) groups excluding carboxylic acids is 2. The zero-order valence-electron chi connectivity index (χ0n) is 19.9. The Labute approximate surface area is 186 Å². The maximum absolute atomic E-state index is 11.7. The van der Waals surface area contributed by atoms with Gasteiger partial charge in [0, 0.05) is 19.3 Å². The van der Waals surface area contributed by atoms with E-state index in [0.29, 0.717) is 38.7 Å². The topological polar surface area (TPSA) is 52.6 Å². The summed E-state index contributed by atoms with van der Waals surface area (Å²) in [6.45, 7) is 8.27. The predicted molar refractivity (Wildman–Crippen MR) is 125 cm³/mol. The Bertz CT molecular complexity index is 419. The van der Waals surface area contributed by atoms with E-state index in [4.69, 9.17) is 9.47 Å². The van der Waals surface area contributed by atoms with Crippen molar-refractivity contribution in [1.29, 1.82) is 0 Å². The van der Waals surface area contributed by atoms with Crippen LogP contribution in [0.4, 0.5) is 0 Å². The molecule has 30 heavy (non-hydrogen) atoms. The maximum Gasteiger partial charge on any atom is 0.306 e. The fraction of sp³-hybridized carbons (Fsp3) is 0.846. The molecule has 0 aromatic rings. The molecule has 1 unspecified atom stereocenters. The summed E-state index contributed by atoms with van der Waals surface area (Å²) < 4.78 is 10.5. The van der Waals surface area contributed by atoms with E-state index < -0.39 is 0 Å². The largest absolute Gasteiger partial charge is 0.466 e. The lowest BCUT2D eigenvalue weighted by Crippen LogP contribution is -2.14. The molecule has 4 heteroatoms. The van der Waals surface area contributed by atoms with Gasteiger partial charge in [0.15, 0.2) is 0 Å². The summed E-state index contributed by atoms with van der Waals surface area (Å²) in [6.07, 6.45) is 21.4. The summed E-state index contributed by atoms with van der Waals surface area (Å²) in [5.74, 6) is -0.355. The normalized spacial score (nSPS) is 11.8. The summed E-state index contributed by atoms with van der Waals surface area (Å²) in [6, 6.07) is 0. The highest BCUT2D eigenvalue weighted by Crippen LogP contribution is 2.12. The molecule has 0 saturated carbocycles. The van der Waals surface area contributed by atoms with Crippen LogP contribution in [0.5, 0.6) is 0 Å². The van der Waals surface area contributed by atoms with Gasteiger partial charge in [-0.1, -0.05) is 90.0 Å². The van der Waals surface area contributed by atoms with E-state index in [1.807, 2.05) is 6.92 Å². The first-order chi connectivity index (χ1) is 14.6. The van der Waals surface area contributed by atoms with Gasteiger partial charge >= 0.3 is 11.9 Å². The molecule has 4 nitrogen and oxygen atoms in total. The molecule has 0 aliphatic carbocycles. The molecule has 0 fully saturated rings. The SMILES string of the molecule is C=CCC(C)OC(=O)CCCCC(=O)OCCCCCCCCCCCCCCC. The highest BCUT2D eigenvalue weighted by molar-refractivity contribution is 5.70. The Kier molecular flexibility index (Phi) is 21.4. The molecule has 0 radical (unpaired) electrons. The Hall–Kier alpha value is -1.32. The summed E-state index contributed by atoms with van der Waals surface area (Å²) >= 11 is 0. The Morgan fingerprint density at radius 3 is 1.70 bits per heavy atom. The van der Waals surface area contributed by atoms with Gasteiger partial charge in [-0.2, -0.15) is 0 Å². The number of rotatable bonds is 22. The van der Waals surface area contributed by atoms with Gasteiger partial charge in [0.2, 0.25) is 0 Å². The number of esters is 2. The van der Waals surface area contributed by atoms with E-state index in [1.165, 1.54) is 70.6 Å². The quantitative estimate of drug-likeness (QED) is 0.101. The minimum absolute atomic E-state index is 0.125. The van der Waals surface area contributed by atoms with Gasteiger partial charge in [-0.05, 0) is 26.2 Å². The van der Waals surface area contributed by atoms with Gasteiger partial charge < -0.3 is 9.47 Å². The molecular weight excluding hydrogens is 376 g/mol. The van der Waals surface area contributed by atoms with Crippen molar-refractivity contribution in [1.82, 2.24) is 0 Å². The fourth-order valence-corrected chi connectivity index (χ4v) is 3.48. The molecule has 0 amide bonds. The second kappa shape index (κ2) is 22.4. The summed E-state index contributed by atoms with van der Waals surface area (Å²) in [7, 11) is 0. The number of hydrogen-bond acceptors (Lipinski definition) is 4. The zero-order valence-corrected chi connectivity index (χ0v) is 19.9. The smallest absolute Gasteiger partial charge is 0.306 e. The van der Waals surface area contributed by atoms with Crippen molar-refractivity contribution < 1.29 is 19.1 Å². The van der Waals surface area contributed by atoms with Gasteiger partial charge in [0.25, 0.3) is 0 Å². The molecule has 0 aromatic heterocycles. The molecule has 0 aromatic carbocycles. The standard InChI is InChI=1S/C26H48O4/c1-4-6-7-8-9-10-11-12-13-14-15-16-19-23-29-25(27)21-17-18-22-26(28)30-24(3)20-5-2/h5,24H,2,4,6-23H2,1,3H3. The van der Waals surface area contributed by atoms with E-state index in [0.717, 1.165) is 12.8 Å². The Morgan fingerprint density at radius 2 is 1.20 bits per heavy atom. The van der Waals surface area contributed by atoms with Crippen LogP contribution in [-0.4, -0.2) is 24.6 Å². The minimum atomic E-state index is -0.204. The van der Waals surface area contributed by atoms with Gasteiger partial charge in [0.05, 0.1) is 6.61 Å². The van der Waals surface area contributed by atoms with Crippen LogP contribution in [0.15, 0.2) is 12.7 Å². The van der Waals surface area contributed by atoms with Crippen LogP contribution in [0.25, 0.3) is 0 Å². The van der Waals surface area contributed by atoms with Crippen molar-refractivity contribution >= 4 is 11.9 Å². The molecule has 176 valence electrons. The average molecular weight is 425 g/mol. The van der Waals surface area contributed by atoms with Crippen LogP contribution in [0.3, 0.4) is 0 Å². The Balaban J connectivity index is 3.30. The van der Waals surface area contributed by atoms with Gasteiger partial charge in [-0.3, -0.25) is 9.59 Å². The molecule has 1 atom stereocenters. The van der Waals surface area contributed by atoms with Gasteiger partial charge in [-0.25, -0.2) is 0 Å². The first kappa shape index (κ1) is 28.7. The van der Waals surface area contributed by atoms with Crippen LogP contribution >= 0.6 is 0 Å². The predicted octanol–water partition coefficient (Wildman–Crippen LogP) is 7.69. The molecule has 0 aliphatic heterocycles. The molecule has 0 aliphatic rings. The van der Waals surface area contributed by atoms with Crippen molar-refractivity contribution in [2.45, 2.75) is 136 Å². The molecule has 0 bridgehead atoms. The van der Waals surface area contributed by atoms with Crippen molar-refractivity contribution in [2.75, 3.05) is 6.61 Å². The lowest BCUT2D eigenvalue weighted by Gasteiger charge is -2.10. The van der Waals surface area contributed by atoms with Gasteiger partial charge in [-0.15, -0.1) is 6.58 Å². The summed E-state index contributed by atoms with van der Waals surface area (Å²) in [4.78, 5) is 23.3. The number of unbranched alkanes of at least 4 members (excludes halogenated alkanes) is 13. The second-order valence-electron chi connectivity index (χ2n) is 8.50. The van der Waals surface area contributed by atoms with Crippen LogP contribution in [0, 0.1) is 0 Å². The lowest BCUT2D eigenvalue weighted by atomic mass is 10.0. The molecule has 0 spiro atoms. The minimum Gasteiger partial charge on any atom is -0.466 e. The lowest BCUT2D eigenvalue weighted by molar-refractivity contribution is -0.149. The zero-order chi connectivity index (χ0) is 22.3. The number of hydrogen-bond donors (Lipinski definition) is 0. The monoisotopic (exact) mass is 424 g/mol. The van der Waals surface area contributed by atoms with Crippen LogP contribution in [0.1, 0.15) is 129 Å². The van der Waals surface area contributed by atoms with E-state index in [9.17, 15) is 9.59 Å². The molecule has 0 heterocycles. The van der Waals surface area contributed by atoms with Gasteiger partial charge in [0.1, 0.15) is 6.10 Å². The first-order valence-corrected chi connectivity index (χ1v) is 12.6. The highest BCUT2D eigenvalue weighted by Gasteiger charge is 2.09. The molecule has 0 saturated heterocycles. The Morgan fingerprint density at radius 1 is 0.733 bits per heavy atom. The van der Waals surface area contributed by atoms with Crippen molar-refractivity contribution in [2.24, 2.45) is 0 Å². The van der Waals surface area contributed by atoms with E-state index in [1.54, 1.807) is 6.08 Å². The van der Waals surface area contributed by atoms with Crippen LogP contribution < -0.4 is 0 Å². The van der Waals surface area contributed by atoms with Crippen molar-refractivity contribution in [3.63, 3.8) is 0 Å². The van der Waals surface area contributed by atoms with E-state index in [-0.39, 0.29) is 18.0 Å².